The third-order valence-corrected chi connectivity index (χ3v) is 3.39. The van der Waals surface area contributed by atoms with Crippen LogP contribution in [0.1, 0.15) is 11.1 Å². The number of aliphatic carboxylic acids is 1. The second-order valence-corrected chi connectivity index (χ2v) is 5.37. The van der Waals surface area contributed by atoms with Crippen LogP contribution < -0.4 is 4.74 Å². The Morgan fingerprint density at radius 3 is 2.36 bits per heavy atom. The number of carboxylic acids is 1. The van der Waals surface area contributed by atoms with E-state index >= 15 is 0 Å². The summed E-state index contributed by atoms with van der Waals surface area (Å²) >= 11 is 3.37. The average Bonchev–Trinajstić information content (AvgIpc) is 2.53. The van der Waals surface area contributed by atoms with Crippen LogP contribution in [-0.4, -0.2) is 11.1 Å². The van der Waals surface area contributed by atoms with Crippen molar-refractivity contribution in [1.82, 2.24) is 0 Å². The van der Waals surface area contributed by atoms with Crippen LogP contribution in [0.15, 0.2) is 58.6 Å². The van der Waals surface area contributed by atoms with Crippen molar-refractivity contribution in [2.24, 2.45) is 0 Å². The number of ether oxygens (including phenoxy) is 1. The molecule has 2 aromatic rings. The van der Waals surface area contributed by atoms with E-state index in [2.05, 4.69) is 15.9 Å². The van der Waals surface area contributed by atoms with Gasteiger partial charge in [0.1, 0.15) is 24.0 Å². The number of nitriles is 1. The van der Waals surface area contributed by atoms with Gasteiger partial charge in [0, 0.05) is 4.47 Å². The van der Waals surface area contributed by atoms with E-state index in [4.69, 9.17) is 15.1 Å². The predicted octanol–water partition coefficient (Wildman–Crippen LogP) is 4.02. The lowest BCUT2D eigenvalue weighted by molar-refractivity contribution is -0.132. The molecule has 110 valence electrons. The maximum absolute atomic E-state index is 10.8. The van der Waals surface area contributed by atoms with E-state index in [1.165, 1.54) is 6.08 Å². The number of hydrogen-bond acceptors (Lipinski definition) is 3. The molecule has 0 saturated carbocycles. The average molecular weight is 358 g/mol. The number of carboxylic acid groups (broad SMARTS) is 1. The van der Waals surface area contributed by atoms with Gasteiger partial charge in [-0.1, -0.05) is 40.2 Å². The summed E-state index contributed by atoms with van der Waals surface area (Å²) in [6.45, 7) is 0.445. The number of carbonyl (C=O) groups is 1. The number of benzene rings is 2. The Kier molecular flexibility index (Phi) is 5.34. The molecule has 4 nitrogen and oxygen atoms in total. The lowest BCUT2D eigenvalue weighted by Crippen LogP contribution is -1.97. The molecule has 0 spiro atoms. The maximum atomic E-state index is 10.8. The van der Waals surface area contributed by atoms with Gasteiger partial charge in [0.05, 0.1) is 0 Å². The Morgan fingerprint density at radius 1 is 1.18 bits per heavy atom. The molecule has 0 amide bonds. The van der Waals surface area contributed by atoms with Crippen molar-refractivity contribution in [3.63, 3.8) is 0 Å². The van der Waals surface area contributed by atoms with Crippen LogP contribution in [0.5, 0.6) is 5.75 Å². The first-order valence-corrected chi connectivity index (χ1v) is 7.20. The molecule has 0 bridgehead atoms. The fourth-order valence-corrected chi connectivity index (χ4v) is 1.98. The van der Waals surface area contributed by atoms with Crippen LogP contribution >= 0.6 is 15.9 Å². The zero-order valence-electron chi connectivity index (χ0n) is 11.5. The van der Waals surface area contributed by atoms with E-state index in [-0.39, 0.29) is 5.57 Å². The third kappa shape index (κ3) is 4.47. The van der Waals surface area contributed by atoms with E-state index in [9.17, 15) is 4.79 Å². The molecule has 1 N–H and O–H groups in total. The minimum atomic E-state index is -1.24. The first-order chi connectivity index (χ1) is 10.6. The van der Waals surface area contributed by atoms with E-state index < -0.39 is 5.97 Å². The van der Waals surface area contributed by atoms with Gasteiger partial charge >= 0.3 is 5.97 Å². The van der Waals surface area contributed by atoms with Crippen molar-refractivity contribution in [1.29, 1.82) is 5.26 Å². The summed E-state index contributed by atoms with van der Waals surface area (Å²) in [7, 11) is 0. The lowest BCUT2D eigenvalue weighted by atomic mass is 10.1. The normalized spacial score (nSPS) is 10.8. The molecule has 0 fully saturated rings. The van der Waals surface area contributed by atoms with Crippen molar-refractivity contribution < 1.29 is 14.6 Å². The Morgan fingerprint density at radius 2 is 1.82 bits per heavy atom. The molecule has 0 saturated heterocycles. The highest BCUT2D eigenvalue weighted by atomic mass is 79.9. The summed E-state index contributed by atoms with van der Waals surface area (Å²) in [4.78, 5) is 10.8. The monoisotopic (exact) mass is 357 g/mol. The minimum Gasteiger partial charge on any atom is -0.489 e. The standard InChI is InChI=1S/C17H12BrNO3/c18-15-5-1-13(2-6-15)11-22-16-7-3-12(4-8-16)9-14(10-19)17(20)21/h1-9H,11H2,(H,20,21). The van der Waals surface area contributed by atoms with Gasteiger partial charge in [-0.3, -0.25) is 0 Å². The first kappa shape index (κ1) is 15.8. The fraction of sp³-hybridized carbons (Fsp3) is 0.0588. The van der Waals surface area contributed by atoms with Crippen molar-refractivity contribution in [3.05, 3.63) is 69.7 Å². The summed E-state index contributed by atoms with van der Waals surface area (Å²) in [6, 6.07) is 16.4. The Labute approximate surface area is 136 Å². The molecule has 0 radical (unpaired) electrons. The third-order valence-electron chi connectivity index (χ3n) is 2.86. The van der Waals surface area contributed by atoms with E-state index in [1.54, 1.807) is 30.3 Å². The Bertz CT molecular complexity index is 728. The minimum absolute atomic E-state index is 0.302. The molecule has 0 aromatic heterocycles. The van der Waals surface area contributed by atoms with Gasteiger partial charge in [0.15, 0.2) is 0 Å². The highest BCUT2D eigenvalue weighted by molar-refractivity contribution is 9.10. The summed E-state index contributed by atoms with van der Waals surface area (Å²) in [5.74, 6) is -0.563. The molecule has 22 heavy (non-hydrogen) atoms. The predicted molar refractivity (Wildman–Crippen MR) is 86.1 cm³/mol. The van der Waals surface area contributed by atoms with Gasteiger partial charge in [-0.05, 0) is 41.5 Å². The Balaban J connectivity index is 2.02. The molecular weight excluding hydrogens is 346 g/mol. The van der Waals surface area contributed by atoms with Crippen LogP contribution in [-0.2, 0) is 11.4 Å². The zero-order chi connectivity index (χ0) is 15.9. The summed E-state index contributed by atoms with van der Waals surface area (Å²) in [6.07, 6.45) is 1.32. The van der Waals surface area contributed by atoms with Gasteiger partial charge in [0.25, 0.3) is 0 Å². The van der Waals surface area contributed by atoms with Gasteiger partial charge in [-0.2, -0.15) is 5.26 Å². The molecule has 0 aliphatic heterocycles. The smallest absolute Gasteiger partial charge is 0.346 e. The van der Waals surface area contributed by atoms with Crippen molar-refractivity contribution in [2.45, 2.75) is 6.61 Å². The quantitative estimate of drug-likeness (QED) is 0.647. The number of nitrogens with zero attached hydrogens (tertiary/aromatic N) is 1. The Hall–Kier alpha value is -2.58. The summed E-state index contributed by atoms with van der Waals surface area (Å²) in [5, 5.41) is 17.5. The lowest BCUT2D eigenvalue weighted by Gasteiger charge is -2.06. The van der Waals surface area contributed by atoms with Crippen LogP contribution in [0.25, 0.3) is 6.08 Å². The number of hydrogen-bond donors (Lipinski definition) is 1. The summed E-state index contributed by atoms with van der Waals surface area (Å²) < 4.78 is 6.66. The summed E-state index contributed by atoms with van der Waals surface area (Å²) in [5.41, 5.74) is 1.38. The highest BCUT2D eigenvalue weighted by Gasteiger charge is 2.05. The molecular formula is C17H12BrNO3. The van der Waals surface area contributed by atoms with E-state index in [0.717, 1.165) is 10.0 Å². The molecule has 0 atom stereocenters. The van der Waals surface area contributed by atoms with Crippen LogP contribution in [0.2, 0.25) is 0 Å². The molecule has 0 aliphatic rings. The van der Waals surface area contributed by atoms with Crippen molar-refractivity contribution in [3.8, 4) is 11.8 Å². The number of rotatable bonds is 5. The van der Waals surface area contributed by atoms with Crippen LogP contribution in [0, 0.1) is 11.3 Å². The molecule has 0 unspecified atom stereocenters. The molecule has 0 aliphatic carbocycles. The highest BCUT2D eigenvalue weighted by Crippen LogP contribution is 2.17. The SMILES string of the molecule is N#CC(=Cc1ccc(OCc2ccc(Br)cc2)cc1)C(=O)O. The first-order valence-electron chi connectivity index (χ1n) is 6.41. The van der Waals surface area contributed by atoms with Gasteiger partial charge in [0.2, 0.25) is 0 Å². The van der Waals surface area contributed by atoms with Crippen LogP contribution in [0.3, 0.4) is 0 Å². The molecule has 0 heterocycles. The fourth-order valence-electron chi connectivity index (χ4n) is 1.72. The van der Waals surface area contributed by atoms with Crippen LogP contribution in [0.4, 0.5) is 0 Å². The van der Waals surface area contributed by atoms with Crippen molar-refractivity contribution >= 4 is 28.0 Å². The van der Waals surface area contributed by atoms with Gasteiger partial charge in [-0.15, -0.1) is 0 Å². The maximum Gasteiger partial charge on any atom is 0.346 e. The largest absolute Gasteiger partial charge is 0.489 e. The zero-order valence-corrected chi connectivity index (χ0v) is 13.1. The molecule has 5 heteroatoms. The van der Waals surface area contributed by atoms with Crippen molar-refractivity contribution in [2.75, 3.05) is 0 Å². The topological polar surface area (TPSA) is 70.3 Å². The second-order valence-electron chi connectivity index (χ2n) is 4.46. The number of halogens is 1. The molecule has 2 rings (SSSR count). The van der Waals surface area contributed by atoms with E-state index in [1.807, 2.05) is 24.3 Å². The molecule has 2 aromatic carbocycles. The van der Waals surface area contributed by atoms with Gasteiger partial charge in [-0.25, -0.2) is 4.79 Å². The van der Waals surface area contributed by atoms with E-state index in [0.29, 0.717) is 17.9 Å². The van der Waals surface area contributed by atoms with Gasteiger partial charge < -0.3 is 9.84 Å². The second kappa shape index (κ2) is 7.43.